The van der Waals surface area contributed by atoms with E-state index in [4.69, 9.17) is 4.74 Å². The highest BCUT2D eigenvalue weighted by Crippen LogP contribution is 2.50. The molecule has 2 atom stereocenters. The summed E-state index contributed by atoms with van der Waals surface area (Å²) >= 11 is 0. The van der Waals surface area contributed by atoms with Crippen molar-refractivity contribution in [3.63, 3.8) is 0 Å². The van der Waals surface area contributed by atoms with Crippen molar-refractivity contribution in [3.8, 4) is 0 Å². The van der Waals surface area contributed by atoms with Crippen LogP contribution in [-0.4, -0.2) is 24.2 Å². The molecule has 0 unspecified atom stereocenters. The van der Waals surface area contributed by atoms with Crippen LogP contribution in [0.5, 0.6) is 0 Å². The van der Waals surface area contributed by atoms with E-state index in [1.807, 2.05) is 11.0 Å². The number of ether oxygens (including phenoxy) is 1. The van der Waals surface area contributed by atoms with Crippen LogP contribution in [0.2, 0.25) is 0 Å². The van der Waals surface area contributed by atoms with Crippen molar-refractivity contribution in [2.24, 2.45) is 0 Å². The van der Waals surface area contributed by atoms with Crippen LogP contribution < -0.4 is 4.90 Å². The summed E-state index contributed by atoms with van der Waals surface area (Å²) in [6.07, 6.45) is 2.36. The molecule has 0 saturated carbocycles. The van der Waals surface area contributed by atoms with Gasteiger partial charge in [-0.1, -0.05) is 55.5 Å². The van der Waals surface area contributed by atoms with E-state index < -0.39 is 0 Å². The SMILES string of the molecule is CC1(C)C[C@@](C)(c2ccccc2)c2ccccc2N1C(=O)[C@@H]1CCCO1. The molecule has 0 aromatic heterocycles. The molecule has 26 heavy (non-hydrogen) atoms. The van der Waals surface area contributed by atoms with Crippen molar-refractivity contribution in [1.82, 2.24) is 0 Å². The van der Waals surface area contributed by atoms with Gasteiger partial charge in [0.2, 0.25) is 0 Å². The van der Waals surface area contributed by atoms with Gasteiger partial charge in [0.1, 0.15) is 6.10 Å². The molecule has 2 aliphatic heterocycles. The van der Waals surface area contributed by atoms with Gasteiger partial charge in [0.25, 0.3) is 5.91 Å². The molecule has 2 aromatic carbocycles. The van der Waals surface area contributed by atoms with Crippen LogP contribution in [0, 0.1) is 0 Å². The zero-order chi connectivity index (χ0) is 18.4. The van der Waals surface area contributed by atoms with Gasteiger partial charge in [-0.05, 0) is 50.3 Å². The second kappa shape index (κ2) is 6.24. The minimum absolute atomic E-state index is 0.107. The standard InChI is InChI=1S/C23H27NO2/c1-22(2)16-23(3,17-10-5-4-6-11-17)18-12-7-8-13-19(18)24(22)21(25)20-14-9-15-26-20/h4-8,10-13,20H,9,14-16H2,1-3H3/t20-,23-/m0/s1. The highest BCUT2D eigenvalue weighted by Gasteiger charge is 2.49. The fraction of sp³-hybridized carbons (Fsp3) is 0.435. The zero-order valence-electron chi connectivity index (χ0n) is 15.9. The summed E-state index contributed by atoms with van der Waals surface area (Å²) in [6.45, 7) is 7.35. The predicted octanol–water partition coefficient (Wildman–Crippen LogP) is 4.69. The number of nitrogens with zero attached hydrogens (tertiary/aromatic N) is 1. The van der Waals surface area contributed by atoms with Crippen LogP contribution in [0.25, 0.3) is 0 Å². The molecule has 0 spiro atoms. The van der Waals surface area contributed by atoms with Gasteiger partial charge in [-0.25, -0.2) is 0 Å². The van der Waals surface area contributed by atoms with Crippen LogP contribution in [0.1, 0.15) is 51.2 Å². The molecule has 3 heteroatoms. The first-order valence-electron chi connectivity index (χ1n) is 9.54. The maximum absolute atomic E-state index is 13.3. The van der Waals surface area contributed by atoms with Crippen molar-refractivity contribution >= 4 is 11.6 Å². The highest BCUT2D eigenvalue weighted by atomic mass is 16.5. The Morgan fingerprint density at radius 3 is 2.42 bits per heavy atom. The summed E-state index contributed by atoms with van der Waals surface area (Å²) in [6, 6.07) is 19.0. The van der Waals surface area contributed by atoms with Gasteiger partial charge in [0.15, 0.2) is 0 Å². The molecule has 0 aliphatic carbocycles. The zero-order valence-corrected chi connectivity index (χ0v) is 15.9. The first kappa shape index (κ1) is 17.3. The van der Waals surface area contributed by atoms with Gasteiger partial charge in [-0.3, -0.25) is 4.79 Å². The van der Waals surface area contributed by atoms with Gasteiger partial charge in [-0.2, -0.15) is 0 Å². The number of benzene rings is 2. The number of amides is 1. The molecule has 1 amide bonds. The molecule has 2 heterocycles. The number of hydrogen-bond donors (Lipinski definition) is 0. The minimum Gasteiger partial charge on any atom is -0.368 e. The van der Waals surface area contributed by atoms with E-state index in [0.29, 0.717) is 6.61 Å². The maximum Gasteiger partial charge on any atom is 0.256 e. The summed E-state index contributed by atoms with van der Waals surface area (Å²) in [4.78, 5) is 15.3. The molecule has 3 nitrogen and oxygen atoms in total. The fourth-order valence-electron chi connectivity index (χ4n) is 4.90. The summed E-state index contributed by atoms with van der Waals surface area (Å²) in [5.41, 5.74) is 3.12. The monoisotopic (exact) mass is 349 g/mol. The Labute approximate surface area is 156 Å². The van der Waals surface area contributed by atoms with Crippen LogP contribution in [0.15, 0.2) is 54.6 Å². The third kappa shape index (κ3) is 2.66. The van der Waals surface area contributed by atoms with Crippen LogP contribution in [0.4, 0.5) is 5.69 Å². The number of anilines is 1. The molecule has 2 aliphatic rings. The molecule has 0 N–H and O–H groups in total. The molecule has 136 valence electrons. The third-order valence-corrected chi connectivity index (χ3v) is 5.97. The first-order chi connectivity index (χ1) is 12.4. The number of para-hydroxylation sites is 1. The first-order valence-corrected chi connectivity index (χ1v) is 9.54. The lowest BCUT2D eigenvalue weighted by Gasteiger charge is -2.51. The average molecular weight is 349 g/mol. The largest absolute Gasteiger partial charge is 0.368 e. The van der Waals surface area contributed by atoms with Crippen molar-refractivity contribution in [3.05, 3.63) is 65.7 Å². The normalized spacial score (nSPS) is 27.2. The van der Waals surface area contributed by atoms with E-state index in [2.05, 4.69) is 69.3 Å². The summed E-state index contributed by atoms with van der Waals surface area (Å²) in [5.74, 6) is 0.107. The Kier molecular flexibility index (Phi) is 4.15. The van der Waals surface area contributed by atoms with Crippen LogP contribution in [-0.2, 0) is 14.9 Å². The van der Waals surface area contributed by atoms with Crippen molar-refractivity contribution < 1.29 is 9.53 Å². The second-order valence-electron chi connectivity index (χ2n) is 8.38. The van der Waals surface area contributed by atoms with Gasteiger partial charge in [-0.15, -0.1) is 0 Å². The Bertz CT molecular complexity index is 808. The molecule has 0 bridgehead atoms. The number of rotatable bonds is 2. The topological polar surface area (TPSA) is 29.5 Å². The predicted molar refractivity (Wildman–Crippen MR) is 104 cm³/mol. The van der Waals surface area contributed by atoms with E-state index in [0.717, 1.165) is 24.9 Å². The average Bonchev–Trinajstić information content (AvgIpc) is 3.16. The molecular formula is C23H27NO2. The molecule has 1 saturated heterocycles. The molecule has 2 aromatic rings. The minimum atomic E-state index is -0.302. The van der Waals surface area contributed by atoms with E-state index in [1.54, 1.807) is 0 Å². The van der Waals surface area contributed by atoms with E-state index in [1.165, 1.54) is 11.1 Å². The molecule has 0 radical (unpaired) electrons. The van der Waals surface area contributed by atoms with E-state index in [9.17, 15) is 4.79 Å². The Hall–Kier alpha value is -2.13. The number of hydrogen-bond acceptors (Lipinski definition) is 2. The summed E-state index contributed by atoms with van der Waals surface area (Å²) in [7, 11) is 0. The second-order valence-corrected chi connectivity index (χ2v) is 8.38. The lowest BCUT2D eigenvalue weighted by molar-refractivity contribution is -0.128. The maximum atomic E-state index is 13.3. The number of carbonyl (C=O) groups excluding carboxylic acids is 1. The molecular weight excluding hydrogens is 322 g/mol. The lowest BCUT2D eigenvalue weighted by Crippen LogP contribution is -2.58. The van der Waals surface area contributed by atoms with Gasteiger partial charge >= 0.3 is 0 Å². The molecule has 1 fully saturated rings. The van der Waals surface area contributed by atoms with Crippen LogP contribution in [0.3, 0.4) is 0 Å². The fourth-order valence-corrected chi connectivity index (χ4v) is 4.90. The quantitative estimate of drug-likeness (QED) is 0.787. The van der Waals surface area contributed by atoms with E-state index >= 15 is 0 Å². The Morgan fingerprint density at radius 1 is 1.04 bits per heavy atom. The van der Waals surface area contributed by atoms with E-state index in [-0.39, 0.29) is 23.0 Å². The van der Waals surface area contributed by atoms with Crippen molar-refractivity contribution in [2.75, 3.05) is 11.5 Å². The summed E-state index contributed by atoms with van der Waals surface area (Å²) < 4.78 is 5.72. The number of carbonyl (C=O) groups is 1. The summed E-state index contributed by atoms with van der Waals surface area (Å²) in [5, 5.41) is 0. The van der Waals surface area contributed by atoms with Gasteiger partial charge in [0.05, 0.1) is 0 Å². The molecule has 4 rings (SSSR count). The number of fused-ring (bicyclic) bond motifs is 1. The highest BCUT2D eigenvalue weighted by molar-refractivity contribution is 5.99. The van der Waals surface area contributed by atoms with Gasteiger partial charge < -0.3 is 9.64 Å². The van der Waals surface area contributed by atoms with Crippen LogP contribution >= 0.6 is 0 Å². The smallest absolute Gasteiger partial charge is 0.256 e. The lowest BCUT2D eigenvalue weighted by atomic mass is 9.65. The third-order valence-electron chi connectivity index (χ3n) is 5.97. The Balaban J connectivity index is 1.85. The van der Waals surface area contributed by atoms with Gasteiger partial charge in [0, 0.05) is 23.2 Å². The van der Waals surface area contributed by atoms with Crippen molar-refractivity contribution in [1.29, 1.82) is 0 Å². The Morgan fingerprint density at radius 2 is 1.73 bits per heavy atom. The van der Waals surface area contributed by atoms with Crippen molar-refractivity contribution in [2.45, 2.75) is 57.1 Å².